The lowest BCUT2D eigenvalue weighted by Crippen LogP contribution is -2.53. The van der Waals surface area contributed by atoms with E-state index in [0.717, 1.165) is 46.4 Å². The molecule has 1 N–H and O–H groups in total. The molecule has 1 fully saturated rings. The molecule has 0 aromatic heterocycles. The Labute approximate surface area is 261 Å². The molecule has 1 unspecified atom stereocenters. The third-order valence-corrected chi connectivity index (χ3v) is 10.0. The molecular weight excluding hydrogens is 642 g/mol. The van der Waals surface area contributed by atoms with Crippen LogP contribution in [0.3, 0.4) is 0 Å². The van der Waals surface area contributed by atoms with Crippen LogP contribution in [0, 0.1) is 0 Å². The Hall–Kier alpha value is -3.08. The van der Waals surface area contributed by atoms with Gasteiger partial charge < -0.3 is 15.0 Å². The first-order valence-electron chi connectivity index (χ1n) is 13.9. The summed E-state index contributed by atoms with van der Waals surface area (Å²) in [7, 11) is -2.73. The zero-order valence-corrected chi connectivity index (χ0v) is 26.8. The Balaban J connectivity index is 1.69. The van der Waals surface area contributed by atoms with Gasteiger partial charge in [-0.25, -0.2) is 8.42 Å². The van der Waals surface area contributed by atoms with Crippen molar-refractivity contribution in [3.63, 3.8) is 0 Å². The Morgan fingerprint density at radius 3 is 2.31 bits per heavy atom. The fourth-order valence-corrected chi connectivity index (χ4v) is 6.94. The maximum Gasteiger partial charge on any atom is 0.264 e. The van der Waals surface area contributed by atoms with Crippen molar-refractivity contribution >= 4 is 55.1 Å². The van der Waals surface area contributed by atoms with E-state index in [4.69, 9.17) is 16.3 Å². The topological polar surface area (TPSA) is 96.0 Å². The zero-order valence-electron chi connectivity index (χ0n) is 23.6. The van der Waals surface area contributed by atoms with Crippen LogP contribution in [0.5, 0.6) is 5.75 Å². The van der Waals surface area contributed by atoms with Crippen molar-refractivity contribution in [3.05, 3.63) is 87.9 Å². The largest absolute Gasteiger partial charge is 0.495 e. The summed E-state index contributed by atoms with van der Waals surface area (Å²) in [5.41, 5.74) is 0.995. The molecule has 0 heterocycles. The molecule has 8 nitrogen and oxygen atoms in total. The summed E-state index contributed by atoms with van der Waals surface area (Å²) in [6.07, 6.45) is 5.06. The quantitative estimate of drug-likeness (QED) is 0.262. The normalized spacial score (nSPS) is 14.6. The molecule has 1 saturated carbocycles. The lowest BCUT2D eigenvalue weighted by molar-refractivity contribution is -0.139. The molecule has 42 heavy (non-hydrogen) atoms. The Morgan fingerprint density at radius 2 is 1.69 bits per heavy atom. The molecule has 0 radical (unpaired) electrons. The van der Waals surface area contributed by atoms with Crippen LogP contribution in [0.1, 0.15) is 44.6 Å². The summed E-state index contributed by atoms with van der Waals surface area (Å²) < 4.78 is 35.0. The predicted molar refractivity (Wildman–Crippen MR) is 168 cm³/mol. The molecule has 2 amide bonds. The predicted octanol–water partition coefficient (Wildman–Crippen LogP) is 6.17. The highest BCUT2D eigenvalue weighted by atomic mass is 79.9. The zero-order chi connectivity index (χ0) is 30.3. The van der Waals surface area contributed by atoms with Gasteiger partial charge in [0.25, 0.3) is 10.0 Å². The fourth-order valence-electron chi connectivity index (χ4n) is 5.00. The van der Waals surface area contributed by atoms with E-state index >= 15 is 0 Å². The van der Waals surface area contributed by atoms with Gasteiger partial charge in [0.15, 0.2) is 0 Å². The smallest absolute Gasteiger partial charge is 0.264 e. The van der Waals surface area contributed by atoms with Crippen LogP contribution in [0.4, 0.5) is 5.69 Å². The van der Waals surface area contributed by atoms with Crippen LogP contribution >= 0.6 is 27.5 Å². The van der Waals surface area contributed by atoms with E-state index < -0.39 is 28.5 Å². The highest BCUT2D eigenvalue weighted by Crippen LogP contribution is 2.32. The Morgan fingerprint density at radius 1 is 1.02 bits per heavy atom. The first-order valence-corrected chi connectivity index (χ1v) is 16.5. The molecule has 1 atom stereocenters. The van der Waals surface area contributed by atoms with Gasteiger partial charge in [0.1, 0.15) is 18.3 Å². The molecule has 3 aromatic carbocycles. The number of methoxy groups -OCH3 is 1. The number of hydrogen-bond donors (Lipinski definition) is 1. The van der Waals surface area contributed by atoms with Crippen LogP contribution in [0.15, 0.2) is 82.2 Å². The molecule has 224 valence electrons. The Kier molecular flexibility index (Phi) is 10.9. The fraction of sp³-hybridized carbons (Fsp3) is 0.355. The SMILES string of the molecule is COc1ccc(N(CC(=O)N(Cc2ccc(Br)cc2)C(C)C(=O)NC2CCCCC2)S(=O)(=O)c2ccccc2)cc1Cl. The molecule has 11 heteroatoms. The third-order valence-electron chi connectivity index (χ3n) is 7.42. The molecule has 0 bridgehead atoms. The summed E-state index contributed by atoms with van der Waals surface area (Å²) in [4.78, 5) is 29.0. The number of nitrogens with zero attached hydrogens (tertiary/aromatic N) is 2. The molecule has 4 rings (SSSR count). The second kappa shape index (κ2) is 14.4. The number of hydrogen-bond acceptors (Lipinski definition) is 5. The van der Waals surface area contributed by atoms with Crippen molar-refractivity contribution in [2.24, 2.45) is 0 Å². The lowest BCUT2D eigenvalue weighted by Gasteiger charge is -2.33. The molecule has 0 saturated heterocycles. The van der Waals surface area contributed by atoms with Crippen molar-refractivity contribution in [1.82, 2.24) is 10.2 Å². The van der Waals surface area contributed by atoms with Gasteiger partial charge in [-0.1, -0.05) is 77.1 Å². The monoisotopic (exact) mass is 675 g/mol. The summed E-state index contributed by atoms with van der Waals surface area (Å²) in [6.45, 7) is 1.25. The van der Waals surface area contributed by atoms with Crippen molar-refractivity contribution in [1.29, 1.82) is 0 Å². The summed E-state index contributed by atoms with van der Waals surface area (Å²) in [6, 6.07) is 19.1. The van der Waals surface area contributed by atoms with Gasteiger partial charge in [-0.15, -0.1) is 0 Å². The average molecular weight is 677 g/mol. The second-order valence-corrected chi connectivity index (χ2v) is 13.5. The highest BCUT2D eigenvalue weighted by Gasteiger charge is 2.33. The van der Waals surface area contributed by atoms with Gasteiger partial charge in [0, 0.05) is 17.1 Å². The summed E-state index contributed by atoms with van der Waals surface area (Å²) in [5, 5.41) is 3.30. The van der Waals surface area contributed by atoms with E-state index in [0.29, 0.717) is 5.75 Å². The van der Waals surface area contributed by atoms with Crippen molar-refractivity contribution < 1.29 is 22.7 Å². The average Bonchev–Trinajstić information content (AvgIpc) is 3.00. The standard InChI is InChI=1S/C31H35BrClN3O5S/c1-22(31(38)34-25-9-5-3-6-10-25)35(20-23-13-15-24(32)16-14-23)30(37)21-36(26-17-18-29(41-2)28(33)19-26)42(39,40)27-11-7-4-8-12-27/h4,7-8,11-19,22,25H,3,5-6,9-10,20-21H2,1-2H3,(H,34,38). The lowest BCUT2D eigenvalue weighted by atomic mass is 9.95. The number of anilines is 1. The van der Waals surface area contributed by atoms with Crippen LogP contribution in [0.2, 0.25) is 5.02 Å². The maximum atomic E-state index is 14.1. The molecule has 1 aliphatic carbocycles. The number of rotatable bonds is 11. The van der Waals surface area contributed by atoms with Crippen molar-refractivity contribution in [2.75, 3.05) is 18.0 Å². The summed E-state index contributed by atoms with van der Waals surface area (Å²) >= 11 is 9.80. The van der Waals surface area contributed by atoms with Gasteiger partial charge >= 0.3 is 0 Å². The van der Waals surface area contributed by atoms with Gasteiger partial charge in [-0.2, -0.15) is 0 Å². The highest BCUT2D eigenvalue weighted by molar-refractivity contribution is 9.10. The minimum absolute atomic E-state index is 0.0206. The number of nitrogens with one attached hydrogen (secondary N) is 1. The minimum Gasteiger partial charge on any atom is -0.495 e. The van der Waals surface area contributed by atoms with E-state index in [2.05, 4.69) is 21.2 Å². The molecular formula is C31H35BrClN3O5S. The van der Waals surface area contributed by atoms with E-state index in [1.807, 2.05) is 24.3 Å². The van der Waals surface area contributed by atoms with Crippen molar-refractivity contribution in [3.8, 4) is 5.75 Å². The minimum atomic E-state index is -4.19. The van der Waals surface area contributed by atoms with Gasteiger partial charge in [-0.3, -0.25) is 13.9 Å². The van der Waals surface area contributed by atoms with Crippen LogP contribution in [0.25, 0.3) is 0 Å². The number of ether oxygens (including phenoxy) is 1. The van der Waals surface area contributed by atoms with E-state index in [1.165, 1.54) is 36.3 Å². The number of carbonyl (C=O) groups excluding carboxylic acids is 2. The van der Waals surface area contributed by atoms with Gasteiger partial charge in [0.05, 0.1) is 22.7 Å². The molecule has 0 spiro atoms. The number of sulfonamides is 1. The second-order valence-electron chi connectivity index (χ2n) is 10.3. The third kappa shape index (κ3) is 7.85. The number of halogens is 2. The first kappa shape index (κ1) is 31.8. The Bertz CT molecular complexity index is 1480. The first-order chi connectivity index (χ1) is 20.1. The van der Waals surface area contributed by atoms with Crippen LogP contribution in [-0.4, -0.2) is 50.9 Å². The van der Waals surface area contributed by atoms with E-state index in [1.54, 1.807) is 31.2 Å². The van der Waals surface area contributed by atoms with Crippen LogP contribution < -0.4 is 14.4 Å². The maximum absolute atomic E-state index is 14.1. The van der Waals surface area contributed by atoms with Gasteiger partial charge in [0.2, 0.25) is 11.8 Å². The number of amides is 2. The number of benzene rings is 3. The number of carbonyl (C=O) groups is 2. The molecule has 1 aliphatic rings. The van der Waals surface area contributed by atoms with E-state index in [-0.39, 0.29) is 34.1 Å². The van der Waals surface area contributed by atoms with Crippen molar-refractivity contribution in [2.45, 2.75) is 62.6 Å². The summed E-state index contributed by atoms with van der Waals surface area (Å²) in [5.74, 6) is -0.429. The van der Waals surface area contributed by atoms with Crippen LogP contribution in [-0.2, 0) is 26.2 Å². The van der Waals surface area contributed by atoms with E-state index in [9.17, 15) is 18.0 Å². The molecule has 3 aromatic rings. The van der Waals surface area contributed by atoms with Gasteiger partial charge in [-0.05, 0) is 67.8 Å². The molecule has 0 aliphatic heterocycles.